The van der Waals surface area contributed by atoms with E-state index in [9.17, 15) is 5.11 Å². The Morgan fingerprint density at radius 1 is 1.29 bits per heavy atom. The Balaban J connectivity index is 1.73. The maximum atomic E-state index is 10.3. The van der Waals surface area contributed by atoms with E-state index in [-0.39, 0.29) is 6.10 Å². The lowest BCUT2D eigenvalue weighted by atomic mass is 10.0. The number of thiophene rings is 1. The minimum Gasteiger partial charge on any atom is -0.388 e. The van der Waals surface area contributed by atoms with E-state index in [0.717, 1.165) is 12.0 Å². The lowest BCUT2D eigenvalue weighted by Crippen LogP contribution is -1.99. The summed E-state index contributed by atoms with van der Waals surface area (Å²) in [6.45, 7) is 2.09. The molecule has 1 heterocycles. The standard InChI is InChI=1S/C15H16OS/c1-10-7-12(9-17-10)15(16)14-8-13(14)11-5-3-2-4-6-11/h2-7,9,13-16H,8H2,1H3. The molecule has 1 aliphatic carbocycles. The molecular weight excluding hydrogens is 228 g/mol. The smallest absolute Gasteiger partial charge is 0.0832 e. The van der Waals surface area contributed by atoms with Crippen molar-refractivity contribution in [3.8, 4) is 0 Å². The van der Waals surface area contributed by atoms with Crippen molar-refractivity contribution in [2.24, 2.45) is 5.92 Å². The van der Waals surface area contributed by atoms with Gasteiger partial charge in [0.15, 0.2) is 0 Å². The first kappa shape index (κ1) is 11.0. The van der Waals surface area contributed by atoms with E-state index >= 15 is 0 Å². The zero-order chi connectivity index (χ0) is 11.8. The van der Waals surface area contributed by atoms with E-state index in [1.54, 1.807) is 11.3 Å². The Hall–Kier alpha value is -1.12. The molecule has 1 N–H and O–H groups in total. The van der Waals surface area contributed by atoms with E-state index in [1.165, 1.54) is 10.4 Å². The quantitative estimate of drug-likeness (QED) is 0.868. The number of aryl methyl sites for hydroxylation is 1. The SMILES string of the molecule is Cc1cc(C(O)C2CC2c2ccccc2)cs1. The summed E-state index contributed by atoms with van der Waals surface area (Å²) in [4.78, 5) is 1.27. The second kappa shape index (κ2) is 4.28. The molecule has 0 radical (unpaired) electrons. The number of benzene rings is 1. The van der Waals surface area contributed by atoms with Crippen LogP contribution in [0.15, 0.2) is 41.8 Å². The second-order valence-electron chi connectivity index (χ2n) is 4.85. The van der Waals surface area contributed by atoms with Gasteiger partial charge in [0.1, 0.15) is 0 Å². The highest BCUT2D eigenvalue weighted by atomic mass is 32.1. The third-order valence-electron chi connectivity index (χ3n) is 3.57. The molecule has 88 valence electrons. The minimum atomic E-state index is -0.287. The van der Waals surface area contributed by atoms with Crippen molar-refractivity contribution in [2.75, 3.05) is 0 Å². The average Bonchev–Trinajstić information content (AvgIpc) is 3.05. The molecule has 1 saturated carbocycles. The Morgan fingerprint density at radius 3 is 2.71 bits per heavy atom. The van der Waals surface area contributed by atoms with Gasteiger partial charge in [0.25, 0.3) is 0 Å². The molecule has 1 nitrogen and oxygen atoms in total. The molecule has 2 heteroatoms. The Kier molecular flexibility index (Phi) is 2.77. The number of aliphatic hydroxyl groups is 1. The summed E-state index contributed by atoms with van der Waals surface area (Å²) in [5.41, 5.74) is 2.46. The first-order chi connectivity index (χ1) is 8.25. The predicted octanol–water partition coefficient (Wildman–Crippen LogP) is 3.89. The molecule has 3 unspecified atom stereocenters. The third-order valence-corrected chi connectivity index (χ3v) is 4.45. The zero-order valence-electron chi connectivity index (χ0n) is 9.84. The minimum absolute atomic E-state index is 0.287. The van der Waals surface area contributed by atoms with Crippen LogP contribution in [0.1, 0.15) is 34.4 Å². The number of aliphatic hydroxyl groups excluding tert-OH is 1. The molecule has 0 spiro atoms. The normalized spacial score (nSPS) is 24.6. The number of hydrogen-bond acceptors (Lipinski definition) is 2. The van der Waals surface area contributed by atoms with E-state index in [1.807, 2.05) is 6.07 Å². The highest BCUT2D eigenvalue weighted by Crippen LogP contribution is 2.54. The Bertz CT molecular complexity index is 503. The molecule has 0 aliphatic heterocycles. The van der Waals surface area contributed by atoms with Crippen LogP contribution in [0, 0.1) is 12.8 Å². The molecule has 0 bridgehead atoms. The van der Waals surface area contributed by atoms with E-state index in [4.69, 9.17) is 0 Å². The van der Waals surface area contributed by atoms with Crippen LogP contribution in [0.3, 0.4) is 0 Å². The van der Waals surface area contributed by atoms with Gasteiger partial charge < -0.3 is 5.11 Å². The molecule has 1 fully saturated rings. The van der Waals surface area contributed by atoms with Gasteiger partial charge in [0, 0.05) is 4.88 Å². The summed E-state index contributed by atoms with van der Waals surface area (Å²) in [6.07, 6.45) is 0.824. The lowest BCUT2D eigenvalue weighted by Gasteiger charge is -2.08. The van der Waals surface area contributed by atoms with Crippen LogP contribution in [-0.4, -0.2) is 5.11 Å². The molecule has 0 saturated heterocycles. The third kappa shape index (κ3) is 2.15. The van der Waals surface area contributed by atoms with Crippen molar-refractivity contribution in [3.05, 3.63) is 57.8 Å². The van der Waals surface area contributed by atoms with Gasteiger partial charge in [-0.1, -0.05) is 30.3 Å². The first-order valence-electron chi connectivity index (χ1n) is 6.04. The molecule has 0 amide bonds. The monoisotopic (exact) mass is 244 g/mol. The van der Waals surface area contributed by atoms with E-state index < -0.39 is 0 Å². The van der Waals surface area contributed by atoms with Crippen molar-refractivity contribution in [2.45, 2.75) is 25.4 Å². The molecule has 1 aliphatic rings. The van der Waals surface area contributed by atoms with Gasteiger partial charge in [-0.2, -0.15) is 0 Å². The Morgan fingerprint density at radius 2 is 2.06 bits per heavy atom. The number of hydrogen-bond donors (Lipinski definition) is 1. The van der Waals surface area contributed by atoms with Crippen LogP contribution >= 0.6 is 11.3 Å². The molecule has 1 aromatic heterocycles. The van der Waals surface area contributed by atoms with E-state index in [0.29, 0.717) is 11.8 Å². The lowest BCUT2D eigenvalue weighted by molar-refractivity contribution is 0.151. The van der Waals surface area contributed by atoms with Crippen LogP contribution in [0.4, 0.5) is 0 Å². The van der Waals surface area contributed by atoms with Crippen molar-refractivity contribution < 1.29 is 5.11 Å². The van der Waals surface area contributed by atoms with Gasteiger partial charge in [-0.05, 0) is 47.8 Å². The van der Waals surface area contributed by atoms with Gasteiger partial charge in [-0.25, -0.2) is 0 Å². The fourth-order valence-corrected chi connectivity index (χ4v) is 3.25. The van der Waals surface area contributed by atoms with Crippen molar-refractivity contribution in [3.63, 3.8) is 0 Å². The van der Waals surface area contributed by atoms with Crippen molar-refractivity contribution in [1.82, 2.24) is 0 Å². The largest absolute Gasteiger partial charge is 0.388 e. The van der Waals surface area contributed by atoms with Crippen LogP contribution in [0.5, 0.6) is 0 Å². The second-order valence-corrected chi connectivity index (χ2v) is 5.97. The Labute approximate surface area is 106 Å². The maximum Gasteiger partial charge on any atom is 0.0832 e. The summed E-state index contributed by atoms with van der Waals surface area (Å²) in [6, 6.07) is 12.6. The maximum absolute atomic E-state index is 10.3. The molecular formula is C15H16OS. The summed E-state index contributed by atoms with van der Waals surface area (Å²) < 4.78 is 0. The van der Waals surface area contributed by atoms with Gasteiger partial charge in [0.05, 0.1) is 6.10 Å². The molecule has 3 atom stereocenters. The van der Waals surface area contributed by atoms with Gasteiger partial charge in [0.2, 0.25) is 0 Å². The summed E-state index contributed by atoms with van der Waals surface area (Å²) in [5.74, 6) is 0.956. The predicted molar refractivity (Wildman–Crippen MR) is 71.3 cm³/mol. The van der Waals surface area contributed by atoms with Gasteiger partial charge >= 0.3 is 0 Å². The molecule has 1 aromatic carbocycles. The van der Waals surface area contributed by atoms with Crippen LogP contribution in [0.25, 0.3) is 0 Å². The highest BCUT2D eigenvalue weighted by Gasteiger charge is 2.43. The van der Waals surface area contributed by atoms with Gasteiger partial charge in [-0.3, -0.25) is 0 Å². The topological polar surface area (TPSA) is 20.2 Å². The molecule has 3 rings (SSSR count). The zero-order valence-corrected chi connectivity index (χ0v) is 10.7. The number of rotatable bonds is 3. The fraction of sp³-hybridized carbons (Fsp3) is 0.333. The van der Waals surface area contributed by atoms with E-state index in [2.05, 4.69) is 42.6 Å². The summed E-state index contributed by atoms with van der Waals surface area (Å²) in [5, 5.41) is 12.4. The molecule has 2 aromatic rings. The van der Waals surface area contributed by atoms with Crippen molar-refractivity contribution in [1.29, 1.82) is 0 Å². The first-order valence-corrected chi connectivity index (χ1v) is 6.91. The van der Waals surface area contributed by atoms with Crippen molar-refractivity contribution >= 4 is 11.3 Å². The summed E-state index contributed by atoms with van der Waals surface area (Å²) >= 11 is 1.71. The fourth-order valence-electron chi connectivity index (χ4n) is 2.51. The van der Waals surface area contributed by atoms with Crippen LogP contribution in [-0.2, 0) is 0 Å². The van der Waals surface area contributed by atoms with Gasteiger partial charge in [-0.15, -0.1) is 11.3 Å². The van der Waals surface area contributed by atoms with Crippen LogP contribution < -0.4 is 0 Å². The van der Waals surface area contributed by atoms with Crippen LogP contribution in [0.2, 0.25) is 0 Å². The molecule has 17 heavy (non-hydrogen) atoms. The summed E-state index contributed by atoms with van der Waals surface area (Å²) in [7, 11) is 0. The highest BCUT2D eigenvalue weighted by molar-refractivity contribution is 7.10. The average molecular weight is 244 g/mol.